The third kappa shape index (κ3) is 6.20. The first-order valence-electron chi connectivity index (χ1n) is 22.1. The van der Waals surface area contributed by atoms with Crippen LogP contribution in [-0.2, 0) is 5.41 Å². The molecule has 0 saturated heterocycles. The summed E-state index contributed by atoms with van der Waals surface area (Å²) in [4.78, 5) is 4.68. The smallest absolute Gasteiger partial charge is 0.159 e. The maximum Gasteiger partial charge on any atom is 0.159 e. The molecule has 0 fully saturated rings. The highest BCUT2D eigenvalue weighted by molar-refractivity contribution is 6.08. The second kappa shape index (κ2) is 15.0. The lowest BCUT2D eigenvalue weighted by atomic mass is 9.82. The van der Waals surface area contributed by atoms with Gasteiger partial charge in [-0.1, -0.05) is 172 Å². The summed E-state index contributed by atoms with van der Waals surface area (Å²) >= 11 is 0. The van der Waals surface area contributed by atoms with Crippen LogP contribution in [0.1, 0.15) is 25.0 Å². The van der Waals surface area contributed by atoms with Crippen LogP contribution in [0.3, 0.4) is 0 Å². The molecule has 64 heavy (non-hydrogen) atoms. The van der Waals surface area contributed by atoms with E-state index in [-0.39, 0.29) is 5.41 Å². The van der Waals surface area contributed by atoms with Crippen molar-refractivity contribution in [1.82, 2.24) is 0 Å². The fourth-order valence-corrected chi connectivity index (χ4v) is 10.1. The molecule has 0 N–H and O–H groups in total. The maximum absolute atomic E-state index is 7.32. The molecule has 0 atom stereocenters. The van der Waals surface area contributed by atoms with Gasteiger partial charge in [-0.15, -0.1) is 0 Å². The molecule has 10 aromatic rings. The molecule has 304 valence electrons. The number of hydrogen-bond donors (Lipinski definition) is 0. The van der Waals surface area contributed by atoms with Gasteiger partial charge in [0.05, 0.1) is 5.69 Å². The molecule has 0 radical (unpaired) electrons. The first-order chi connectivity index (χ1) is 31.5. The molecule has 0 spiro atoms. The van der Waals surface area contributed by atoms with Crippen LogP contribution in [0.4, 0.5) is 34.1 Å². The summed E-state index contributed by atoms with van der Waals surface area (Å²) in [5, 5.41) is 2.25. The molecule has 0 aromatic heterocycles. The van der Waals surface area contributed by atoms with Gasteiger partial charge in [0.15, 0.2) is 5.75 Å². The van der Waals surface area contributed by atoms with Crippen molar-refractivity contribution in [3.8, 4) is 56.0 Å². The number of hydrogen-bond acceptors (Lipinski definition) is 3. The molecule has 1 aliphatic heterocycles. The molecule has 10 aromatic carbocycles. The summed E-state index contributed by atoms with van der Waals surface area (Å²) in [5.74, 6) is 1.66. The average molecular weight is 821 g/mol. The van der Waals surface area contributed by atoms with Gasteiger partial charge in [0.2, 0.25) is 0 Å². The fourth-order valence-electron chi connectivity index (χ4n) is 10.1. The van der Waals surface area contributed by atoms with Gasteiger partial charge < -0.3 is 14.5 Å². The Kier molecular flexibility index (Phi) is 8.84. The topological polar surface area (TPSA) is 15.7 Å². The van der Waals surface area contributed by atoms with Crippen LogP contribution in [0.15, 0.2) is 231 Å². The molecular weight excluding hydrogens is 777 g/mol. The lowest BCUT2D eigenvalue weighted by Crippen LogP contribution is -2.16. The molecule has 3 nitrogen and oxygen atoms in total. The Morgan fingerprint density at radius 1 is 0.344 bits per heavy atom. The van der Waals surface area contributed by atoms with Gasteiger partial charge in [-0.2, -0.15) is 0 Å². The third-order valence-electron chi connectivity index (χ3n) is 13.2. The Morgan fingerprint density at radius 3 is 1.55 bits per heavy atom. The second-order valence-corrected chi connectivity index (χ2v) is 17.3. The molecule has 0 saturated carbocycles. The minimum Gasteiger partial charge on any atom is -0.454 e. The summed E-state index contributed by atoms with van der Waals surface area (Å²) in [6.45, 7) is 4.68. The Hall–Kier alpha value is -8.14. The van der Waals surface area contributed by atoms with Crippen molar-refractivity contribution in [2.24, 2.45) is 0 Å². The summed E-state index contributed by atoms with van der Waals surface area (Å²) in [5.41, 5.74) is 18.4. The SMILES string of the molecule is CC1(C)c2ccccc2-c2cc(N(c3ccc(-c4ccc(-c5ccccc5)cc4)cc3)c3ccc4cccc5c4c3Oc3cc(N(c4ccccc4)c4ccccc4)ccc3-5)ccc21. The van der Waals surface area contributed by atoms with Crippen molar-refractivity contribution >= 4 is 44.9 Å². The van der Waals surface area contributed by atoms with Crippen LogP contribution in [0.2, 0.25) is 0 Å². The summed E-state index contributed by atoms with van der Waals surface area (Å²) in [7, 11) is 0. The molecule has 12 rings (SSSR count). The molecule has 0 unspecified atom stereocenters. The lowest BCUT2D eigenvalue weighted by molar-refractivity contribution is 0.488. The fraction of sp³-hybridized carbons (Fsp3) is 0.0492. The quantitative estimate of drug-likeness (QED) is 0.152. The molecule has 0 bridgehead atoms. The highest BCUT2D eigenvalue weighted by Gasteiger charge is 2.36. The number of rotatable bonds is 8. The van der Waals surface area contributed by atoms with Gasteiger partial charge in [0.1, 0.15) is 5.75 Å². The van der Waals surface area contributed by atoms with E-state index in [0.717, 1.165) is 73.1 Å². The maximum atomic E-state index is 7.32. The Bertz CT molecular complexity index is 3320. The second-order valence-electron chi connectivity index (χ2n) is 17.3. The number of nitrogens with zero attached hydrogens (tertiary/aromatic N) is 2. The van der Waals surface area contributed by atoms with Gasteiger partial charge in [0, 0.05) is 50.9 Å². The highest BCUT2D eigenvalue weighted by atomic mass is 16.5. The van der Waals surface area contributed by atoms with Crippen LogP contribution < -0.4 is 14.5 Å². The molecule has 0 amide bonds. The van der Waals surface area contributed by atoms with Crippen molar-refractivity contribution in [1.29, 1.82) is 0 Å². The molecule has 1 aliphatic carbocycles. The average Bonchev–Trinajstić information content (AvgIpc) is 3.58. The zero-order chi connectivity index (χ0) is 42.8. The van der Waals surface area contributed by atoms with Crippen molar-refractivity contribution in [2.45, 2.75) is 19.3 Å². The number of ether oxygens (including phenoxy) is 1. The van der Waals surface area contributed by atoms with Gasteiger partial charge >= 0.3 is 0 Å². The van der Waals surface area contributed by atoms with Crippen LogP contribution in [0, 0.1) is 0 Å². The van der Waals surface area contributed by atoms with Crippen molar-refractivity contribution < 1.29 is 4.74 Å². The van der Waals surface area contributed by atoms with Crippen LogP contribution in [-0.4, -0.2) is 0 Å². The zero-order valence-electron chi connectivity index (χ0n) is 35.7. The zero-order valence-corrected chi connectivity index (χ0v) is 35.7. The Balaban J connectivity index is 1.01. The van der Waals surface area contributed by atoms with Crippen LogP contribution in [0.5, 0.6) is 11.5 Å². The molecule has 3 heteroatoms. The molecule has 1 heterocycles. The molecular formula is C61H44N2O. The third-order valence-corrected chi connectivity index (χ3v) is 13.2. The standard InChI is InChI=1S/C61H44N2O/c1-61(2)55-24-13-12-22-51(55)54-39-49(35-37-56(54)61)63(48-32-29-44(30-33-48)43-27-25-42(26-28-43)41-15-6-3-7-16-41)57-38-31-45-17-14-23-53-52-36-34-50(40-58(52)64-60(57)59(45)53)62(46-18-8-4-9-19-46)47-20-10-5-11-21-47/h3-40H,1-2H3. The largest absolute Gasteiger partial charge is 0.454 e. The number of anilines is 6. The van der Waals surface area contributed by atoms with Gasteiger partial charge in [-0.05, 0) is 122 Å². The van der Waals surface area contributed by atoms with E-state index >= 15 is 0 Å². The van der Waals surface area contributed by atoms with Gasteiger partial charge in [-0.3, -0.25) is 0 Å². The number of benzene rings is 10. The van der Waals surface area contributed by atoms with E-state index in [1.807, 2.05) is 0 Å². The number of fused-ring (bicyclic) bond motifs is 5. The van der Waals surface area contributed by atoms with Crippen LogP contribution in [0.25, 0.3) is 55.3 Å². The lowest BCUT2D eigenvalue weighted by Gasteiger charge is -2.32. The Morgan fingerprint density at radius 2 is 0.859 bits per heavy atom. The van der Waals surface area contributed by atoms with E-state index in [0.29, 0.717) is 0 Å². The normalized spacial score (nSPS) is 12.8. The minimum atomic E-state index is -0.102. The summed E-state index contributed by atoms with van der Waals surface area (Å²) < 4.78 is 7.32. The summed E-state index contributed by atoms with van der Waals surface area (Å²) in [6, 6.07) is 83.1. The van der Waals surface area contributed by atoms with Crippen molar-refractivity contribution in [3.05, 3.63) is 242 Å². The van der Waals surface area contributed by atoms with E-state index in [1.165, 1.54) is 38.9 Å². The Labute approximate surface area is 374 Å². The van der Waals surface area contributed by atoms with E-state index in [2.05, 4.69) is 254 Å². The van der Waals surface area contributed by atoms with E-state index in [9.17, 15) is 0 Å². The van der Waals surface area contributed by atoms with E-state index in [1.54, 1.807) is 0 Å². The summed E-state index contributed by atoms with van der Waals surface area (Å²) in [6.07, 6.45) is 0. The number of para-hydroxylation sites is 2. The first kappa shape index (κ1) is 37.6. The van der Waals surface area contributed by atoms with Gasteiger partial charge in [-0.25, -0.2) is 0 Å². The molecule has 2 aliphatic rings. The minimum absolute atomic E-state index is 0.102. The van der Waals surface area contributed by atoms with E-state index < -0.39 is 0 Å². The van der Waals surface area contributed by atoms with Gasteiger partial charge in [0.25, 0.3) is 0 Å². The van der Waals surface area contributed by atoms with E-state index in [4.69, 9.17) is 4.74 Å². The highest BCUT2D eigenvalue weighted by Crippen LogP contribution is 2.56. The monoisotopic (exact) mass is 820 g/mol. The predicted molar refractivity (Wildman–Crippen MR) is 267 cm³/mol. The van der Waals surface area contributed by atoms with Crippen molar-refractivity contribution in [2.75, 3.05) is 9.80 Å². The first-order valence-corrected chi connectivity index (χ1v) is 22.1. The van der Waals surface area contributed by atoms with Crippen LogP contribution >= 0.6 is 0 Å². The predicted octanol–water partition coefficient (Wildman–Crippen LogP) is 17.2. The van der Waals surface area contributed by atoms with Crippen molar-refractivity contribution in [3.63, 3.8) is 0 Å².